The van der Waals surface area contributed by atoms with E-state index in [1.165, 1.54) is 21.7 Å². The number of hydrogen-bond donors (Lipinski definition) is 0. The first kappa shape index (κ1) is 22.0. The molecule has 0 saturated carbocycles. The molecule has 1 aromatic heterocycles. The van der Waals surface area contributed by atoms with Crippen LogP contribution in [0.5, 0.6) is 0 Å². The van der Waals surface area contributed by atoms with Gasteiger partial charge in [-0.2, -0.15) is 23.1 Å². The zero-order valence-corrected chi connectivity index (χ0v) is 17.5. The average Bonchev–Trinajstić information content (AvgIpc) is 3.27. The molecule has 0 fully saturated rings. The van der Waals surface area contributed by atoms with Crippen molar-refractivity contribution in [3.63, 3.8) is 0 Å². The Morgan fingerprint density at radius 2 is 1.94 bits per heavy atom. The lowest BCUT2D eigenvalue weighted by atomic mass is 9.94. The molecule has 0 unspecified atom stereocenters. The van der Waals surface area contributed by atoms with Crippen molar-refractivity contribution in [2.75, 3.05) is 11.5 Å². The van der Waals surface area contributed by atoms with E-state index in [0.717, 1.165) is 12.1 Å². The summed E-state index contributed by atoms with van der Waals surface area (Å²) in [5.74, 6) is -0.517. The standard InChI is InChI=1S/C22H17F3N6O2/c1-3-33-20(32)18-13(2)30(17-6-4-5-16(11-17)22(23,24)25)21-27-28-29-31(21)19(18)15-9-7-14(12-26)8-10-15/h4-11,19H,3H2,1-2H3/t19-/m1/s1. The van der Waals surface area contributed by atoms with Gasteiger partial charge in [0.2, 0.25) is 0 Å². The van der Waals surface area contributed by atoms with E-state index in [0.29, 0.717) is 16.8 Å². The molecule has 0 saturated heterocycles. The van der Waals surface area contributed by atoms with E-state index in [1.54, 1.807) is 38.1 Å². The summed E-state index contributed by atoms with van der Waals surface area (Å²) in [6, 6.07) is 12.4. The van der Waals surface area contributed by atoms with Crippen LogP contribution < -0.4 is 4.90 Å². The van der Waals surface area contributed by atoms with E-state index in [9.17, 15) is 18.0 Å². The first-order valence-electron chi connectivity index (χ1n) is 9.89. The highest BCUT2D eigenvalue weighted by Gasteiger charge is 2.40. The molecule has 11 heteroatoms. The number of benzene rings is 2. The number of rotatable bonds is 4. The number of halogens is 3. The second kappa shape index (κ2) is 8.38. The van der Waals surface area contributed by atoms with Crippen LogP contribution in [0.2, 0.25) is 0 Å². The van der Waals surface area contributed by atoms with E-state index in [4.69, 9.17) is 10.00 Å². The van der Waals surface area contributed by atoms with Crippen molar-refractivity contribution in [2.45, 2.75) is 26.1 Å². The van der Waals surface area contributed by atoms with E-state index in [2.05, 4.69) is 15.5 Å². The number of esters is 1. The molecule has 1 aliphatic rings. The van der Waals surface area contributed by atoms with Gasteiger partial charge in [0.1, 0.15) is 6.04 Å². The molecular weight excluding hydrogens is 437 g/mol. The quantitative estimate of drug-likeness (QED) is 0.547. The first-order valence-corrected chi connectivity index (χ1v) is 9.89. The lowest BCUT2D eigenvalue weighted by Crippen LogP contribution is -2.34. The van der Waals surface area contributed by atoms with Crippen molar-refractivity contribution < 1.29 is 22.7 Å². The maximum Gasteiger partial charge on any atom is 0.416 e. The lowest BCUT2D eigenvalue weighted by Gasteiger charge is -2.34. The number of alkyl halides is 3. The molecule has 0 amide bonds. The molecule has 0 bridgehead atoms. The highest BCUT2D eigenvalue weighted by Crippen LogP contribution is 2.43. The number of carbonyl (C=O) groups is 1. The van der Waals surface area contributed by atoms with Gasteiger partial charge in [0.25, 0.3) is 5.95 Å². The molecule has 0 radical (unpaired) electrons. The predicted molar refractivity (Wildman–Crippen MR) is 110 cm³/mol. The first-order chi connectivity index (χ1) is 15.8. The zero-order chi connectivity index (χ0) is 23.8. The second-order valence-corrected chi connectivity index (χ2v) is 7.16. The Kier molecular flexibility index (Phi) is 5.59. The van der Waals surface area contributed by atoms with E-state index >= 15 is 0 Å². The van der Waals surface area contributed by atoms with Crippen molar-refractivity contribution in [3.8, 4) is 6.07 Å². The fraction of sp³-hybridized carbons (Fsp3) is 0.227. The molecule has 0 N–H and O–H groups in total. The van der Waals surface area contributed by atoms with Crippen LogP contribution in [-0.2, 0) is 15.7 Å². The number of anilines is 2. The number of ether oxygens (including phenoxy) is 1. The third-order valence-corrected chi connectivity index (χ3v) is 5.20. The Morgan fingerprint density at radius 1 is 1.21 bits per heavy atom. The van der Waals surface area contributed by atoms with Crippen LogP contribution in [0.25, 0.3) is 0 Å². The minimum absolute atomic E-state index is 0.0989. The average molecular weight is 454 g/mol. The third kappa shape index (κ3) is 3.91. The number of carbonyl (C=O) groups excluding carboxylic acids is 1. The molecular formula is C22H17F3N6O2. The van der Waals surface area contributed by atoms with Crippen molar-refractivity contribution >= 4 is 17.6 Å². The van der Waals surface area contributed by atoms with Gasteiger partial charge in [-0.3, -0.25) is 4.90 Å². The molecule has 2 aromatic carbocycles. The van der Waals surface area contributed by atoms with Crippen molar-refractivity contribution in [3.05, 3.63) is 76.5 Å². The van der Waals surface area contributed by atoms with Gasteiger partial charge < -0.3 is 4.74 Å². The predicted octanol–water partition coefficient (Wildman–Crippen LogP) is 4.14. The summed E-state index contributed by atoms with van der Waals surface area (Å²) in [6.07, 6.45) is -4.55. The van der Waals surface area contributed by atoms with Crippen LogP contribution in [0, 0.1) is 11.3 Å². The van der Waals surface area contributed by atoms with Gasteiger partial charge >= 0.3 is 12.1 Å². The van der Waals surface area contributed by atoms with Crippen LogP contribution in [0.3, 0.4) is 0 Å². The van der Waals surface area contributed by atoms with Crippen molar-refractivity contribution in [1.82, 2.24) is 20.2 Å². The summed E-state index contributed by atoms with van der Waals surface area (Å²) in [4.78, 5) is 14.4. The Bertz CT molecular complexity index is 1270. The van der Waals surface area contributed by atoms with Gasteiger partial charge in [-0.05, 0) is 60.2 Å². The summed E-state index contributed by atoms with van der Waals surface area (Å²) in [6.45, 7) is 3.35. The summed E-state index contributed by atoms with van der Waals surface area (Å²) in [7, 11) is 0. The molecule has 0 aliphatic carbocycles. The zero-order valence-electron chi connectivity index (χ0n) is 17.5. The number of nitrogens with zero attached hydrogens (tertiary/aromatic N) is 6. The van der Waals surface area contributed by atoms with Gasteiger partial charge in [0, 0.05) is 11.4 Å². The normalized spacial score (nSPS) is 15.8. The molecule has 33 heavy (non-hydrogen) atoms. The number of allylic oxidation sites excluding steroid dienone is 1. The highest BCUT2D eigenvalue weighted by atomic mass is 19.4. The SMILES string of the molecule is CCOC(=O)C1=C(C)N(c2cccc(C(F)(F)F)c2)c2nnnn2[C@@H]1c1ccc(C#N)cc1. The van der Waals surface area contributed by atoms with Gasteiger partial charge in [-0.15, -0.1) is 0 Å². The molecule has 8 nitrogen and oxygen atoms in total. The maximum absolute atomic E-state index is 13.3. The largest absolute Gasteiger partial charge is 0.463 e. The molecule has 4 rings (SSSR count). The second-order valence-electron chi connectivity index (χ2n) is 7.16. The minimum Gasteiger partial charge on any atom is -0.463 e. The van der Waals surface area contributed by atoms with Crippen LogP contribution >= 0.6 is 0 Å². The summed E-state index contributed by atoms with van der Waals surface area (Å²) < 4.78 is 46.6. The number of fused-ring (bicyclic) bond motifs is 1. The smallest absolute Gasteiger partial charge is 0.416 e. The molecule has 168 valence electrons. The van der Waals surface area contributed by atoms with Crippen LogP contribution in [0.4, 0.5) is 24.8 Å². The van der Waals surface area contributed by atoms with Crippen molar-refractivity contribution in [2.24, 2.45) is 0 Å². The molecule has 1 atom stereocenters. The van der Waals surface area contributed by atoms with Crippen LogP contribution in [0.15, 0.2) is 59.8 Å². The molecule has 0 spiro atoms. The topological polar surface area (TPSA) is 96.9 Å². The Hall–Kier alpha value is -4.20. The molecule has 3 aromatic rings. The molecule has 1 aliphatic heterocycles. The minimum atomic E-state index is -4.55. The van der Waals surface area contributed by atoms with Gasteiger partial charge in [0.05, 0.1) is 29.4 Å². The summed E-state index contributed by atoms with van der Waals surface area (Å²) >= 11 is 0. The van der Waals surface area contributed by atoms with E-state index in [1.807, 2.05) is 6.07 Å². The third-order valence-electron chi connectivity index (χ3n) is 5.20. The number of hydrogen-bond acceptors (Lipinski definition) is 7. The number of tetrazole rings is 1. The maximum atomic E-state index is 13.3. The molecule has 2 heterocycles. The Morgan fingerprint density at radius 3 is 2.58 bits per heavy atom. The number of aromatic nitrogens is 4. The Labute approximate surface area is 186 Å². The van der Waals surface area contributed by atoms with Gasteiger partial charge in [0.15, 0.2) is 0 Å². The van der Waals surface area contributed by atoms with Crippen molar-refractivity contribution in [1.29, 1.82) is 5.26 Å². The lowest BCUT2D eigenvalue weighted by molar-refractivity contribution is -0.139. The van der Waals surface area contributed by atoms with Crippen LogP contribution in [-0.4, -0.2) is 32.8 Å². The Balaban J connectivity index is 1.93. The highest BCUT2D eigenvalue weighted by molar-refractivity contribution is 5.93. The van der Waals surface area contributed by atoms with Crippen LogP contribution in [0.1, 0.15) is 36.6 Å². The number of nitriles is 1. The fourth-order valence-electron chi connectivity index (χ4n) is 3.74. The van der Waals surface area contributed by atoms with Gasteiger partial charge in [-0.1, -0.05) is 23.3 Å². The fourth-order valence-corrected chi connectivity index (χ4v) is 3.74. The summed E-state index contributed by atoms with van der Waals surface area (Å²) in [5.41, 5.74) is 0.810. The summed E-state index contributed by atoms with van der Waals surface area (Å²) in [5, 5.41) is 20.8. The monoisotopic (exact) mass is 454 g/mol. The van der Waals surface area contributed by atoms with E-state index < -0.39 is 23.8 Å². The van der Waals surface area contributed by atoms with E-state index in [-0.39, 0.29) is 23.8 Å². The van der Waals surface area contributed by atoms with Gasteiger partial charge in [-0.25, -0.2) is 4.79 Å².